The molecular weight excluding hydrogens is 304 g/mol. The second-order valence-corrected chi connectivity index (χ2v) is 6.13. The number of amides is 1. The van der Waals surface area contributed by atoms with Crippen LogP contribution in [0.1, 0.15) is 33.7 Å². The first-order valence-corrected chi connectivity index (χ1v) is 7.96. The van der Waals surface area contributed by atoms with Crippen molar-refractivity contribution in [2.24, 2.45) is 7.05 Å². The van der Waals surface area contributed by atoms with E-state index in [0.29, 0.717) is 24.6 Å². The molecule has 2 aromatic heterocycles. The Bertz CT molecular complexity index is 826. The van der Waals surface area contributed by atoms with Crippen molar-refractivity contribution in [3.05, 3.63) is 72.1 Å². The number of likely N-dealkylation sites (tertiary alicyclic amines) is 1. The van der Waals surface area contributed by atoms with E-state index in [-0.39, 0.29) is 17.7 Å². The minimum atomic E-state index is 0.0365. The fraction of sp³-hybridized carbons (Fsp3) is 0.278. The zero-order valence-corrected chi connectivity index (χ0v) is 13.4. The van der Waals surface area contributed by atoms with Crippen LogP contribution in [0, 0.1) is 0 Å². The molecule has 6 heteroatoms. The van der Waals surface area contributed by atoms with Gasteiger partial charge < -0.3 is 14.0 Å². The van der Waals surface area contributed by atoms with Gasteiger partial charge in [-0.1, -0.05) is 35.5 Å². The number of benzene rings is 1. The molecule has 1 amide bonds. The number of nitrogens with zero attached hydrogens (tertiary/aromatic N) is 4. The first kappa shape index (κ1) is 14.7. The van der Waals surface area contributed by atoms with Gasteiger partial charge in [0.2, 0.25) is 6.39 Å². The summed E-state index contributed by atoms with van der Waals surface area (Å²) in [7, 11) is 1.88. The third-order valence-corrected chi connectivity index (χ3v) is 4.71. The number of hydrogen-bond acceptors (Lipinski definition) is 4. The number of carbonyl (C=O) groups is 1. The van der Waals surface area contributed by atoms with E-state index in [2.05, 4.69) is 22.3 Å². The van der Waals surface area contributed by atoms with Crippen LogP contribution in [0.15, 0.2) is 59.6 Å². The van der Waals surface area contributed by atoms with Crippen LogP contribution in [0.2, 0.25) is 0 Å². The Morgan fingerprint density at radius 1 is 1.12 bits per heavy atom. The fourth-order valence-electron chi connectivity index (χ4n) is 3.46. The highest BCUT2D eigenvalue weighted by Crippen LogP contribution is 2.38. The summed E-state index contributed by atoms with van der Waals surface area (Å²) < 4.78 is 6.78. The van der Waals surface area contributed by atoms with Crippen LogP contribution < -0.4 is 0 Å². The summed E-state index contributed by atoms with van der Waals surface area (Å²) in [6, 6.07) is 13.9. The average Bonchev–Trinajstić information content (AvgIpc) is 3.35. The second kappa shape index (κ2) is 5.96. The van der Waals surface area contributed by atoms with Crippen molar-refractivity contribution < 1.29 is 9.32 Å². The van der Waals surface area contributed by atoms with Crippen LogP contribution >= 0.6 is 0 Å². The third-order valence-electron chi connectivity index (χ3n) is 4.71. The number of carbonyl (C=O) groups excluding carboxylic acids is 1. The summed E-state index contributed by atoms with van der Waals surface area (Å²) in [5.74, 6) is 0.892. The lowest BCUT2D eigenvalue weighted by atomic mass is 9.88. The summed E-state index contributed by atoms with van der Waals surface area (Å²) in [6.45, 7) is 1.23. The molecule has 3 aromatic rings. The maximum Gasteiger partial charge on any atom is 0.270 e. The molecule has 0 N–H and O–H groups in total. The average molecular weight is 322 g/mol. The van der Waals surface area contributed by atoms with Gasteiger partial charge in [0.25, 0.3) is 5.91 Å². The molecule has 6 nitrogen and oxygen atoms in total. The molecule has 1 saturated heterocycles. The molecule has 4 rings (SSSR count). The SMILES string of the molecule is Cn1cccc1C(=O)N1CC(c2ccccc2)C(c2ncon2)C1. The van der Waals surface area contributed by atoms with Gasteiger partial charge in [0.1, 0.15) is 5.69 Å². The van der Waals surface area contributed by atoms with Crippen LogP contribution in [0.5, 0.6) is 0 Å². The summed E-state index contributed by atoms with van der Waals surface area (Å²) >= 11 is 0. The second-order valence-electron chi connectivity index (χ2n) is 6.13. The van der Waals surface area contributed by atoms with Crippen molar-refractivity contribution in [1.29, 1.82) is 0 Å². The van der Waals surface area contributed by atoms with Gasteiger partial charge >= 0.3 is 0 Å². The lowest BCUT2D eigenvalue weighted by Gasteiger charge is -2.17. The fourth-order valence-corrected chi connectivity index (χ4v) is 3.46. The van der Waals surface area contributed by atoms with Gasteiger partial charge in [0.05, 0.1) is 0 Å². The van der Waals surface area contributed by atoms with Crippen LogP contribution in [-0.4, -0.2) is 38.6 Å². The van der Waals surface area contributed by atoms with Crippen LogP contribution in [0.25, 0.3) is 0 Å². The Labute approximate surface area is 139 Å². The molecule has 0 saturated carbocycles. The van der Waals surface area contributed by atoms with Crippen LogP contribution in [-0.2, 0) is 7.05 Å². The van der Waals surface area contributed by atoms with Gasteiger partial charge in [0.15, 0.2) is 5.82 Å². The standard InChI is InChI=1S/C18H18N4O2/c1-21-9-5-8-16(21)18(23)22-10-14(13-6-3-2-4-7-13)15(11-22)17-19-12-24-20-17/h2-9,12,14-15H,10-11H2,1H3. The molecule has 1 fully saturated rings. The Balaban J connectivity index is 1.66. The van der Waals surface area contributed by atoms with E-state index in [0.717, 1.165) is 0 Å². The summed E-state index contributed by atoms with van der Waals surface area (Å²) in [5.41, 5.74) is 1.88. The Morgan fingerprint density at radius 2 is 1.92 bits per heavy atom. The minimum absolute atomic E-state index is 0.0365. The van der Waals surface area contributed by atoms with E-state index in [4.69, 9.17) is 4.52 Å². The monoisotopic (exact) mass is 322 g/mol. The lowest BCUT2D eigenvalue weighted by molar-refractivity contribution is 0.0779. The van der Waals surface area contributed by atoms with Crippen LogP contribution in [0.3, 0.4) is 0 Å². The molecule has 24 heavy (non-hydrogen) atoms. The molecule has 0 bridgehead atoms. The van der Waals surface area contributed by atoms with Crippen molar-refractivity contribution in [2.75, 3.05) is 13.1 Å². The predicted molar refractivity (Wildman–Crippen MR) is 87.5 cm³/mol. The zero-order valence-electron chi connectivity index (χ0n) is 13.4. The van der Waals surface area contributed by atoms with Crippen molar-refractivity contribution in [2.45, 2.75) is 11.8 Å². The van der Waals surface area contributed by atoms with Gasteiger partial charge in [-0.3, -0.25) is 4.79 Å². The molecule has 122 valence electrons. The van der Waals surface area contributed by atoms with Crippen LogP contribution in [0.4, 0.5) is 0 Å². The maximum atomic E-state index is 12.9. The molecule has 2 unspecified atom stereocenters. The topological polar surface area (TPSA) is 64.2 Å². The molecule has 2 atom stereocenters. The van der Waals surface area contributed by atoms with Gasteiger partial charge in [-0.2, -0.15) is 4.98 Å². The van der Waals surface area contributed by atoms with Crippen molar-refractivity contribution >= 4 is 5.91 Å². The highest BCUT2D eigenvalue weighted by molar-refractivity contribution is 5.93. The summed E-state index contributed by atoms with van der Waals surface area (Å²) in [5, 5.41) is 4.02. The van der Waals surface area contributed by atoms with Gasteiger partial charge in [-0.05, 0) is 17.7 Å². The van der Waals surface area contributed by atoms with Gasteiger partial charge in [-0.15, -0.1) is 0 Å². The minimum Gasteiger partial charge on any atom is -0.347 e. The quantitative estimate of drug-likeness (QED) is 0.743. The normalized spacial score (nSPS) is 20.5. The van der Waals surface area contributed by atoms with Crippen molar-refractivity contribution in [3.8, 4) is 0 Å². The van der Waals surface area contributed by atoms with E-state index in [9.17, 15) is 4.79 Å². The van der Waals surface area contributed by atoms with E-state index < -0.39 is 0 Å². The van der Waals surface area contributed by atoms with Gasteiger partial charge in [-0.25, -0.2) is 0 Å². The third kappa shape index (κ3) is 2.50. The Kier molecular flexibility index (Phi) is 3.65. The number of hydrogen-bond donors (Lipinski definition) is 0. The number of aromatic nitrogens is 3. The van der Waals surface area contributed by atoms with Gasteiger partial charge in [0, 0.05) is 38.2 Å². The number of aryl methyl sites for hydroxylation is 1. The largest absolute Gasteiger partial charge is 0.347 e. The lowest BCUT2D eigenvalue weighted by Crippen LogP contribution is -2.30. The summed E-state index contributed by atoms with van der Waals surface area (Å²) in [4.78, 5) is 19.0. The molecule has 1 aliphatic rings. The predicted octanol–water partition coefficient (Wildman–Crippen LogP) is 2.43. The Hall–Kier alpha value is -2.89. The van der Waals surface area contributed by atoms with Crippen molar-refractivity contribution in [1.82, 2.24) is 19.6 Å². The highest BCUT2D eigenvalue weighted by atomic mass is 16.5. The zero-order chi connectivity index (χ0) is 16.5. The Morgan fingerprint density at radius 3 is 2.58 bits per heavy atom. The molecule has 1 aliphatic heterocycles. The molecule has 3 heterocycles. The van der Waals surface area contributed by atoms with E-state index >= 15 is 0 Å². The van der Waals surface area contributed by atoms with E-state index in [1.807, 2.05) is 53.0 Å². The summed E-state index contributed by atoms with van der Waals surface area (Å²) in [6.07, 6.45) is 3.23. The number of rotatable bonds is 3. The molecular formula is C18H18N4O2. The highest BCUT2D eigenvalue weighted by Gasteiger charge is 2.39. The van der Waals surface area contributed by atoms with E-state index in [1.54, 1.807) is 0 Å². The van der Waals surface area contributed by atoms with Crippen molar-refractivity contribution in [3.63, 3.8) is 0 Å². The molecule has 0 aliphatic carbocycles. The maximum absolute atomic E-state index is 12.9. The first-order valence-electron chi connectivity index (χ1n) is 7.96. The molecule has 1 aromatic carbocycles. The molecule has 0 radical (unpaired) electrons. The smallest absolute Gasteiger partial charge is 0.270 e. The first-order chi connectivity index (χ1) is 11.7. The van der Waals surface area contributed by atoms with E-state index in [1.165, 1.54) is 12.0 Å². The molecule has 0 spiro atoms.